The van der Waals surface area contributed by atoms with Crippen molar-refractivity contribution in [1.29, 1.82) is 0 Å². The number of nitrogens with one attached hydrogen (secondary N) is 1. The van der Waals surface area contributed by atoms with Crippen LogP contribution >= 0.6 is 34.8 Å². The highest BCUT2D eigenvalue weighted by Crippen LogP contribution is 2.36. The summed E-state index contributed by atoms with van der Waals surface area (Å²) in [6, 6.07) is 23.4. The van der Waals surface area contributed by atoms with Gasteiger partial charge in [0.1, 0.15) is 12.2 Å². The van der Waals surface area contributed by atoms with Crippen molar-refractivity contribution < 1.29 is 29.0 Å². The molecule has 0 radical (unpaired) electrons. The summed E-state index contributed by atoms with van der Waals surface area (Å²) >= 11 is 7.38. The molecule has 41 heavy (non-hydrogen) atoms. The van der Waals surface area contributed by atoms with E-state index in [0.717, 1.165) is 24.8 Å². The number of anilines is 1. The number of amides is 2. The zero-order valence-corrected chi connectivity index (χ0v) is 24.7. The molecule has 1 saturated heterocycles. The molecule has 0 atom stereocenters. The summed E-state index contributed by atoms with van der Waals surface area (Å²) in [6.45, 7) is 2.55. The Kier molecular flexibility index (Phi) is 8.31. The second-order valence-electron chi connectivity index (χ2n) is 9.00. The fraction of sp³-hybridized carbons (Fsp3) is 0.0968. The Morgan fingerprint density at radius 2 is 1.78 bits per heavy atom. The number of nitrogens with zero attached hydrogens (tertiary/aromatic N) is 1. The predicted octanol–water partition coefficient (Wildman–Crippen LogP) is 5.95. The standard InChI is InChI=1S/C31H23IN2O6S/c1-2-39-26-15-18(14-25(32)27(26)40-17-21-10-5-8-19-7-3-4-12-23(19)21)13-24-28(35)33-31(41)34(29(24)36)22-11-6-9-20(16-22)30(37)38/h3-16H,2,17H2,1H3,(H,37,38)(H,33,35,41). The van der Waals surface area contributed by atoms with Crippen LogP contribution in [-0.2, 0) is 16.2 Å². The minimum Gasteiger partial charge on any atom is -0.490 e. The van der Waals surface area contributed by atoms with E-state index < -0.39 is 17.8 Å². The molecule has 5 rings (SSSR count). The van der Waals surface area contributed by atoms with Crippen LogP contribution in [0.4, 0.5) is 5.69 Å². The van der Waals surface area contributed by atoms with Gasteiger partial charge in [0, 0.05) is 0 Å². The van der Waals surface area contributed by atoms with Gasteiger partial charge in [-0.3, -0.25) is 19.8 Å². The minimum atomic E-state index is -1.15. The average Bonchev–Trinajstić information content (AvgIpc) is 2.95. The monoisotopic (exact) mass is 678 g/mol. The fourth-order valence-electron chi connectivity index (χ4n) is 4.48. The van der Waals surface area contributed by atoms with E-state index in [9.17, 15) is 19.5 Å². The van der Waals surface area contributed by atoms with Crippen LogP contribution in [0, 0.1) is 3.57 Å². The van der Waals surface area contributed by atoms with Crippen LogP contribution in [0.1, 0.15) is 28.4 Å². The number of aromatic carboxylic acids is 1. The largest absolute Gasteiger partial charge is 0.490 e. The van der Waals surface area contributed by atoms with Gasteiger partial charge in [-0.05, 0) is 100 Å². The van der Waals surface area contributed by atoms with Crippen LogP contribution in [0.25, 0.3) is 16.8 Å². The van der Waals surface area contributed by atoms with Crippen molar-refractivity contribution in [1.82, 2.24) is 5.32 Å². The molecule has 1 fully saturated rings. The molecule has 1 aliphatic heterocycles. The Morgan fingerprint density at radius 3 is 2.56 bits per heavy atom. The van der Waals surface area contributed by atoms with Gasteiger partial charge < -0.3 is 14.6 Å². The second kappa shape index (κ2) is 12.1. The Morgan fingerprint density at radius 1 is 1.02 bits per heavy atom. The smallest absolute Gasteiger partial charge is 0.335 e. The number of rotatable bonds is 8. The first-order valence-corrected chi connectivity index (χ1v) is 14.1. The van der Waals surface area contributed by atoms with Gasteiger partial charge in [0.05, 0.1) is 21.4 Å². The predicted molar refractivity (Wildman–Crippen MR) is 168 cm³/mol. The molecule has 10 heteroatoms. The molecule has 2 amide bonds. The number of hydrogen-bond donors (Lipinski definition) is 2. The number of benzene rings is 4. The molecule has 206 valence electrons. The van der Waals surface area contributed by atoms with Crippen molar-refractivity contribution >= 4 is 80.2 Å². The molecule has 0 aliphatic carbocycles. The number of hydrogen-bond acceptors (Lipinski definition) is 6. The maximum absolute atomic E-state index is 13.5. The minimum absolute atomic E-state index is 0.0180. The molecule has 0 saturated carbocycles. The highest BCUT2D eigenvalue weighted by Gasteiger charge is 2.35. The first-order chi connectivity index (χ1) is 19.8. The maximum atomic E-state index is 13.5. The summed E-state index contributed by atoms with van der Waals surface area (Å²) in [6.07, 6.45) is 1.45. The third-order valence-electron chi connectivity index (χ3n) is 6.35. The SMILES string of the molecule is CCOc1cc(C=C2C(=O)NC(=S)N(c3cccc(C(=O)O)c3)C2=O)cc(I)c1OCc1cccc2ccccc12. The zero-order valence-electron chi connectivity index (χ0n) is 21.7. The molecule has 1 aliphatic rings. The van der Waals surface area contributed by atoms with Gasteiger partial charge in [0.2, 0.25) is 0 Å². The quantitative estimate of drug-likeness (QED) is 0.103. The highest BCUT2D eigenvalue weighted by molar-refractivity contribution is 14.1. The van der Waals surface area contributed by atoms with E-state index in [1.54, 1.807) is 18.2 Å². The van der Waals surface area contributed by atoms with Crippen LogP contribution < -0.4 is 19.7 Å². The van der Waals surface area contributed by atoms with Crippen molar-refractivity contribution in [3.8, 4) is 11.5 Å². The Bertz CT molecular complexity index is 1750. The summed E-state index contributed by atoms with van der Waals surface area (Å²) in [5.41, 5.74) is 1.62. The van der Waals surface area contributed by atoms with Crippen molar-refractivity contribution in [3.63, 3.8) is 0 Å². The number of carbonyl (C=O) groups is 3. The first-order valence-electron chi connectivity index (χ1n) is 12.6. The third-order valence-corrected chi connectivity index (χ3v) is 7.43. The highest BCUT2D eigenvalue weighted by atomic mass is 127. The Labute approximate surface area is 254 Å². The summed E-state index contributed by atoms with van der Waals surface area (Å²) < 4.78 is 12.9. The number of carboxylic acids is 1. The van der Waals surface area contributed by atoms with E-state index in [1.165, 1.54) is 24.3 Å². The van der Waals surface area contributed by atoms with Gasteiger partial charge in [-0.25, -0.2) is 4.79 Å². The fourth-order valence-corrected chi connectivity index (χ4v) is 5.54. The molecule has 0 bridgehead atoms. The summed E-state index contributed by atoms with van der Waals surface area (Å²) in [4.78, 5) is 38.8. The molecule has 2 N–H and O–H groups in total. The van der Waals surface area contributed by atoms with Crippen LogP contribution in [0.15, 0.2) is 84.4 Å². The lowest BCUT2D eigenvalue weighted by molar-refractivity contribution is -0.122. The normalized spacial score (nSPS) is 14.3. The third kappa shape index (κ3) is 5.93. The first kappa shape index (κ1) is 28.2. The summed E-state index contributed by atoms with van der Waals surface area (Å²) in [7, 11) is 0. The average molecular weight is 679 g/mol. The van der Waals surface area contributed by atoms with Crippen LogP contribution in [-0.4, -0.2) is 34.6 Å². The van der Waals surface area contributed by atoms with Gasteiger partial charge in [0.15, 0.2) is 16.6 Å². The van der Waals surface area contributed by atoms with E-state index in [-0.39, 0.29) is 21.9 Å². The molecule has 0 spiro atoms. The van der Waals surface area contributed by atoms with Crippen molar-refractivity contribution in [2.24, 2.45) is 0 Å². The molecule has 8 nitrogen and oxygen atoms in total. The van der Waals surface area contributed by atoms with Crippen LogP contribution in [0.5, 0.6) is 11.5 Å². The van der Waals surface area contributed by atoms with Gasteiger partial charge >= 0.3 is 5.97 Å². The molecular weight excluding hydrogens is 655 g/mol. The van der Waals surface area contributed by atoms with Crippen LogP contribution in [0.2, 0.25) is 0 Å². The van der Waals surface area contributed by atoms with E-state index in [0.29, 0.717) is 30.3 Å². The van der Waals surface area contributed by atoms with E-state index in [4.69, 9.17) is 21.7 Å². The van der Waals surface area contributed by atoms with E-state index in [1.807, 2.05) is 31.2 Å². The summed E-state index contributed by atoms with van der Waals surface area (Å²) in [5, 5.41) is 14.0. The van der Waals surface area contributed by atoms with E-state index >= 15 is 0 Å². The number of fused-ring (bicyclic) bond motifs is 1. The molecule has 0 aromatic heterocycles. The van der Waals surface area contributed by atoms with Gasteiger partial charge in [-0.2, -0.15) is 0 Å². The molecule has 4 aromatic rings. The maximum Gasteiger partial charge on any atom is 0.335 e. The number of carboxylic acid groups (broad SMARTS) is 1. The van der Waals surface area contributed by atoms with Gasteiger partial charge in [-0.1, -0.05) is 48.5 Å². The van der Waals surface area contributed by atoms with E-state index in [2.05, 4.69) is 46.1 Å². The summed E-state index contributed by atoms with van der Waals surface area (Å²) in [5.74, 6) is -1.46. The topological polar surface area (TPSA) is 105 Å². The zero-order chi connectivity index (χ0) is 29.1. The molecular formula is C31H23IN2O6S. The molecule has 1 heterocycles. The number of carbonyl (C=O) groups excluding carboxylic acids is 2. The number of thiocarbonyl (C=S) groups is 1. The molecule has 0 unspecified atom stereocenters. The van der Waals surface area contributed by atoms with Crippen molar-refractivity contribution in [2.45, 2.75) is 13.5 Å². The Balaban J connectivity index is 1.47. The lowest BCUT2D eigenvalue weighted by atomic mass is 10.1. The van der Waals surface area contributed by atoms with Crippen molar-refractivity contribution in [2.75, 3.05) is 11.5 Å². The number of halogens is 1. The van der Waals surface area contributed by atoms with Gasteiger partial charge in [0.25, 0.3) is 11.8 Å². The lowest BCUT2D eigenvalue weighted by Crippen LogP contribution is -2.54. The Hall–Kier alpha value is -4.29. The van der Waals surface area contributed by atoms with Crippen molar-refractivity contribution in [3.05, 3.63) is 105 Å². The number of ether oxygens (including phenoxy) is 2. The second-order valence-corrected chi connectivity index (χ2v) is 10.6. The van der Waals surface area contributed by atoms with Crippen LogP contribution in [0.3, 0.4) is 0 Å². The van der Waals surface area contributed by atoms with Gasteiger partial charge in [-0.15, -0.1) is 0 Å². The molecule has 4 aromatic carbocycles. The lowest BCUT2D eigenvalue weighted by Gasteiger charge is -2.29.